The SMILES string of the molecule is COC(=O)CC1CCC(c2ccc(NC(=O)CCNC(=O)c3nc(-c4ccccc4)oc3C(F)(F)F)cc2)CC1. The maximum atomic E-state index is 13.5. The molecule has 1 heterocycles. The molecule has 40 heavy (non-hydrogen) atoms. The van der Waals surface area contributed by atoms with Crippen LogP contribution >= 0.6 is 0 Å². The maximum absolute atomic E-state index is 13.5. The van der Waals surface area contributed by atoms with Gasteiger partial charge in [0.05, 0.1) is 7.11 Å². The molecule has 0 bridgehead atoms. The number of amides is 2. The molecule has 2 aromatic carbocycles. The second-order valence-electron chi connectivity index (χ2n) is 9.73. The van der Waals surface area contributed by atoms with Crippen LogP contribution in [0.1, 0.15) is 66.3 Å². The molecule has 0 saturated heterocycles. The average molecular weight is 558 g/mol. The van der Waals surface area contributed by atoms with Gasteiger partial charge in [-0.25, -0.2) is 4.98 Å². The standard InChI is InChI=1S/C29H30F3N3O5/c1-39-24(37)17-18-7-9-19(10-8-18)20-11-13-22(14-12-20)34-23(36)15-16-33-27(38)25-26(29(30,31)32)40-28(35-25)21-5-3-2-4-6-21/h2-6,11-14,18-19H,7-10,15-17H2,1H3,(H,33,38)(H,34,36). The first-order valence-corrected chi connectivity index (χ1v) is 13.0. The molecule has 1 aliphatic rings. The molecule has 0 radical (unpaired) electrons. The molecule has 3 aromatic rings. The maximum Gasteiger partial charge on any atom is 0.452 e. The number of carbonyl (C=O) groups is 3. The largest absolute Gasteiger partial charge is 0.469 e. The summed E-state index contributed by atoms with van der Waals surface area (Å²) in [5, 5.41) is 5.04. The molecule has 2 N–H and O–H groups in total. The fraction of sp³-hybridized carbons (Fsp3) is 0.379. The molecular formula is C29H30F3N3O5. The quantitative estimate of drug-likeness (QED) is 0.315. The zero-order valence-corrected chi connectivity index (χ0v) is 21.9. The number of hydrogen-bond acceptors (Lipinski definition) is 6. The predicted octanol–water partition coefficient (Wildman–Crippen LogP) is 5.96. The number of carbonyl (C=O) groups excluding carboxylic acids is 3. The van der Waals surface area contributed by atoms with Crippen LogP contribution in [-0.2, 0) is 20.5 Å². The van der Waals surface area contributed by atoms with Crippen molar-refractivity contribution in [1.82, 2.24) is 10.3 Å². The second kappa shape index (κ2) is 12.8. The van der Waals surface area contributed by atoms with Gasteiger partial charge >= 0.3 is 12.1 Å². The van der Waals surface area contributed by atoms with Crippen molar-refractivity contribution in [3.63, 3.8) is 0 Å². The molecule has 0 unspecified atom stereocenters. The number of hydrogen-bond donors (Lipinski definition) is 2. The number of aromatic nitrogens is 1. The zero-order valence-electron chi connectivity index (χ0n) is 21.9. The van der Waals surface area contributed by atoms with E-state index >= 15 is 0 Å². The molecule has 212 valence electrons. The minimum Gasteiger partial charge on any atom is -0.469 e. The number of anilines is 1. The van der Waals surface area contributed by atoms with Crippen molar-refractivity contribution in [2.75, 3.05) is 19.0 Å². The van der Waals surface area contributed by atoms with Gasteiger partial charge in [-0.1, -0.05) is 30.3 Å². The number of ether oxygens (including phenoxy) is 1. The van der Waals surface area contributed by atoms with Crippen LogP contribution in [0, 0.1) is 5.92 Å². The van der Waals surface area contributed by atoms with Crippen LogP contribution in [0.4, 0.5) is 18.9 Å². The van der Waals surface area contributed by atoms with Gasteiger partial charge in [-0.3, -0.25) is 14.4 Å². The number of methoxy groups -OCH3 is 1. The van der Waals surface area contributed by atoms with Crippen LogP contribution in [-0.4, -0.2) is 36.4 Å². The van der Waals surface area contributed by atoms with Crippen molar-refractivity contribution in [2.45, 2.75) is 50.6 Å². The third-order valence-corrected chi connectivity index (χ3v) is 6.95. The van der Waals surface area contributed by atoms with Crippen LogP contribution < -0.4 is 10.6 Å². The molecule has 2 amide bonds. The number of nitrogens with zero attached hydrogens (tertiary/aromatic N) is 1. The summed E-state index contributed by atoms with van der Waals surface area (Å²) in [6.45, 7) is -0.192. The minimum atomic E-state index is -4.92. The number of oxazole rings is 1. The number of rotatable bonds is 9. The van der Waals surface area contributed by atoms with Gasteiger partial charge in [0.25, 0.3) is 5.91 Å². The summed E-state index contributed by atoms with van der Waals surface area (Å²) in [7, 11) is 1.40. The van der Waals surface area contributed by atoms with E-state index in [-0.39, 0.29) is 24.8 Å². The fourth-order valence-electron chi connectivity index (χ4n) is 4.82. The van der Waals surface area contributed by atoms with Gasteiger partial charge in [-0.05, 0) is 67.3 Å². The molecule has 1 saturated carbocycles. The highest BCUT2D eigenvalue weighted by molar-refractivity contribution is 5.95. The Balaban J connectivity index is 1.26. The number of halogens is 3. The highest BCUT2D eigenvalue weighted by Gasteiger charge is 2.42. The number of nitrogens with one attached hydrogen (secondary N) is 2. The van der Waals surface area contributed by atoms with Gasteiger partial charge < -0.3 is 19.8 Å². The van der Waals surface area contributed by atoms with Crippen molar-refractivity contribution >= 4 is 23.5 Å². The van der Waals surface area contributed by atoms with Crippen molar-refractivity contribution in [2.24, 2.45) is 5.92 Å². The Hall–Kier alpha value is -4.15. The number of benzene rings is 2. The minimum absolute atomic E-state index is 0.150. The van der Waals surface area contributed by atoms with Crippen LogP contribution in [0.3, 0.4) is 0 Å². The molecule has 1 aliphatic carbocycles. The van der Waals surface area contributed by atoms with Gasteiger partial charge in [-0.15, -0.1) is 0 Å². The molecule has 4 rings (SSSR count). The topological polar surface area (TPSA) is 111 Å². The van der Waals surface area contributed by atoms with E-state index in [9.17, 15) is 27.6 Å². The lowest BCUT2D eigenvalue weighted by Crippen LogP contribution is -2.29. The number of alkyl halides is 3. The predicted molar refractivity (Wildman–Crippen MR) is 140 cm³/mol. The number of esters is 1. The van der Waals surface area contributed by atoms with Gasteiger partial charge in [0.2, 0.25) is 17.6 Å². The molecule has 0 spiro atoms. The summed E-state index contributed by atoms with van der Waals surface area (Å²) in [6.07, 6.45) is -0.762. The van der Waals surface area contributed by atoms with E-state index in [4.69, 9.17) is 9.15 Å². The Morgan fingerprint density at radius 3 is 2.30 bits per heavy atom. The highest BCUT2D eigenvalue weighted by Crippen LogP contribution is 2.38. The van der Waals surface area contributed by atoms with Gasteiger partial charge in [0, 0.05) is 30.6 Å². The first-order chi connectivity index (χ1) is 19.1. The van der Waals surface area contributed by atoms with Gasteiger partial charge in [-0.2, -0.15) is 13.2 Å². The third-order valence-electron chi connectivity index (χ3n) is 6.95. The lowest BCUT2D eigenvalue weighted by atomic mass is 9.77. The van der Waals surface area contributed by atoms with E-state index in [2.05, 4.69) is 15.6 Å². The van der Waals surface area contributed by atoms with E-state index in [0.717, 1.165) is 31.2 Å². The molecule has 11 heteroatoms. The summed E-state index contributed by atoms with van der Waals surface area (Å²) in [5.74, 6) is -2.76. The lowest BCUT2D eigenvalue weighted by molar-refractivity contribution is -0.153. The van der Waals surface area contributed by atoms with Crippen LogP contribution in [0.15, 0.2) is 59.0 Å². The fourth-order valence-corrected chi connectivity index (χ4v) is 4.82. The summed E-state index contributed by atoms with van der Waals surface area (Å²) < 4.78 is 50.0. The Morgan fingerprint density at radius 1 is 1.00 bits per heavy atom. The summed E-state index contributed by atoms with van der Waals surface area (Å²) >= 11 is 0. The average Bonchev–Trinajstić information content (AvgIpc) is 3.41. The van der Waals surface area contributed by atoms with E-state index < -0.39 is 29.4 Å². The van der Waals surface area contributed by atoms with Crippen LogP contribution in [0.25, 0.3) is 11.5 Å². The molecule has 0 atom stereocenters. The van der Waals surface area contributed by atoms with Crippen LogP contribution in [0.2, 0.25) is 0 Å². The molecule has 0 aliphatic heterocycles. The second-order valence-corrected chi connectivity index (χ2v) is 9.73. The third kappa shape index (κ3) is 7.49. The Labute approximate surface area is 229 Å². The highest BCUT2D eigenvalue weighted by atomic mass is 19.4. The molecular weight excluding hydrogens is 527 g/mol. The zero-order chi connectivity index (χ0) is 28.7. The summed E-state index contributed by atoms with van der Waals surface area (Å²) in [4.78, 5) is 40.1. The monoisotopic (exact) mass is 557 g/mol. The normalized spacial score (nSPS) is 17.2. The Kier molecular flexibility index (Phi) is 9.23. The van der Waals surface area contributed by atoms with E-state index in [1.165, 1.54) is 19.2 Å². The molecule has 1 fully saturated rings. The lowest BCUT2D eigenvalue weighted by Gasteiger charge is -2.28. The summed E-state index contributed by atoms with van der Waals surface area (Å²) in [5.41, 5.74) is 1.14. The first-order valence-electron chi connectivity index (χ1n) is 13.0. The van der Waals surface area contributed by atoms with E-state index in [1.807, 2.05) is 12.1 Å². The molecule has 8 nitrogen and oxygen atoms in total. The van der Waals surface area contributed by atoms with Crippen LogP contribution in [0.5, 0.6) is 0 Å². The van der Waals surface area contributed by atoms with Crippen molar-refractivity contribution in [3.05, 3.63) is 71.6 Å². The van der Waals surface area contributed by atoms with E-state index in [0.29, 0.717) is 29.5 Å². The Bertz CT molecular complexity index is 1310. The van der Waals surface area contributed by atoms with Gasteiger partial charge in [0.1, 0.15) is 0 Å². The Morgan fingerprint density at radius 2 is 1.68 bits per heavy atom. The van der Waals surface area contributed by atoms with Crippen molar-refractivity contribution in [3.8, 4) is 11.5 Å². The first kappa shape index (κ1) is 28.8. The molecule has 1 aromatic heterocycles. The van der Waals surface area contributed by atoms with E-state index in [1.54, 1.807) is 30.3 Å². The van der Waals surface area contributed by atoms with Crippen molar-refractivity contribution in [1.29, 1.82) is 0 Å². The van der Waals surface area contributed by atoms with Crippen molar-refractivity contribution < 1.29 is 36.7 Å². The smallest absolute Gasteiger partial charge is 0.452 e. The summed E-state index contributed by atoms with van der Waals surface area (Å²) in [6, 6.07) is 15.4. The van der Waals surface area contributed by atoms with Gasteiger partial charge in [0.15, 0.2) is 5.69 Å².